The second-order valence-corrected chi connectivity index (χ2v) is 4.72. The predicted octanol–water partition coefficient (Wildman–Crippen LogP) is 2.11. The first-order valence-electron chi connectivity index (χ1n) is 5.57. The molecule has 4 nitrogen and oxygen atoms in total. The molecule has 0 spiro atoms. The van der Waals surface area contributed by atoms with Crippen LogP contribution < -0.4 is 5.32 Å². The number of aryl methyl sites for hydroxylation is 2. The summed E-state index contributed by atoms with van der Waals surface area (Å²) in [5, 5.41) is 11.7. The maximum atomic E-state index is 11.9. The van der Waals surface area contributed by atoms with Crippen LogP contribution in [0.1, 0.15) is 24.0 Å². The lowest BCUT2D eigenvalue weighted by Crippen LogP contribution is -2.31. The summed E-state index contributed by atoms with van der Waals surface area (Å²) >= 11 is 0. The highest BCUT2D eigenvalue weighted by Gasteiger charge is 2.57. The van der Waals surface area contributed by atoms with Gasteiger partial charge in [0.25, 0.3) is 0 Å². The third kappa shape index (κ3) is 2.16. The second-order valence-electron chi connectivity index (χ2n) is 4.72. The molecule has 0 aromatic heterocycles. The molecule has 17 heavy (non-hydrogen) atoms. The largest absolute Gasteiger partial charge is 0.480 e. The smallest absolute Gasteiger partial charge is 0.319 e. The van der Waals surface area contributed by atoms with Crippen molar-refractivity contribution in [3.8, 4) is 0 Å². The van der Waals surface area contributed by atoms with Crippen LogP contribution in [0.5, 0.6) is 0 Å². The van der Waals surface area contributed by atoms with Crippen LogP contribution in [0.4, 0.5) is 5.69 Å². The lowest BCUT2D eigenvalue weighted by molar-refractivity contribution is -0.147. The molecule has 0 saturated heterocycles. The van der Waals surface area contributed by atoms with E-state index in [-0.39, 0.29) is 0 Å². The van der Waals surface area contributed by atoms with Crippen molar-refractivity contribution in [1.82, 2.24) is 0 Å². The van der Waals surface area contributed by atoms with E-state index in [0.29, 0.717) is 18.5 Å². The molecule has 0 radical (unpaired) electrons. The van der Waals surface area contributed by atoms with Gasteiger partial charge in [-0.3, -0.25) is 9.59 Å². The third-order valence-electron chi connectivity index (χ3n) is 3.07. The molecule has 4 heteroatoms. The van der Waals surface area contributed by atoms with Crippen LogP contribution in [0, 0.1) is 19.3 Å². The minimum atomic E-state index is -1.18. The Morgan fingerprint density at radius 2 is 1.71 bits per heavy atom. The zero-order chi connectivity index (χ0) is 12.6. The Hall–Kier alpha value is -1.84. The summed E-state index contributed by atoms with van der Waals surface area (Å²) in [6.07, 6.45) is 0.859. The maximum absolute atomic E-state index is 11.9. The standard InChI is InChI=1S/C13H15NO3/c1-8-5-9(2)7-10(6-8)14-11(15)13(3-4-13)12(16)17/h5-7H,3-4H2,1-2H3,(H,14,15)(H,16,17). The topological polar surface area (TPSA) is 66.4 Å². The van der Waals surface area contributed by atoms with Crippen LogP contribution >= 0.6 is 0 Å². The van der Waals surface area contributed by atoms with Crippen molar-refractivity contribution < 1.29 is 14.7 Å². The highest BCUT2D eigenvalue weighted by Crippen LogP contribution is 2.46. The summed E-state index contributed by atoms with van der Waals surface area (Å²) < 4.78 is 0. The van der Waals surface area contributed by atoms with E-state index in [1.54, 1.807) is 0 Å². The van der Waals surface area contributed by atoms with Crippen LogP contribution in [-0.2, 0) is 9.59 Å². The highest BCUT2D eigenvalue weighted by atomic mass is 16.4. The van der Waals surface area contributed by atoms with Crippen molar-refractivity contribution in [3.63, 3.8) is 0 Å². The summed E-state index contributed by atoms with van der Waals surface area (Å²) in [6.45, 7) is 3.87. The van der Waals surface area contributed by atoms with Crippen LogP contribution in [0.3, 0.4) is 0 Å². The number of amides is 1. The summed E-state index contributed by atoms with van der Waals surface area (Å²) in [5.41, 5.74) is 1.57. The van der Waals surface area contributed by atoms with Gasteiger partial charge in [-0.15, -0.1) is 0 Å². The molecule has 1 amide bonds. The van der Waals surface area contributed by atoms with E-state index >= 15 is 0 Å². The highest BCUT2D eigenvalue weighted by molar-refractivity contribution is 6.10. The van der Waals surface area contributed by atoms with E-state index in [0.717, 1.165) is 11.1 Å². The number of hydrogen-bond donors (Lipinski definition) is 2. The van der Waals surface area contributed by atoms with E-state index in [1.165, 1.54) is 0 Å². The molecule has 0 bridgehead atoms. The number of aliphatic carboxylic acids is 1. The number of carbonyl (C=O) groups is 2. The summed E-state index contributed by atoms with van der Waals surface area (Å²) in [5.74, 6) is -1.44. The van der Waals surface area contributed by atoms with Gasteiger partial charge in [0.2, 0.25) is 5.91 Å². The molecule has 90 valence electrons. The monoisotopic (exact) mass is 233 g/mol. The number of rotatable bonds is 3. The van der Waals surface area contributed by atoms with Crippen molar-refractivity contribution >= 4 is 17.6 Å². The molecule has 1 aromatic carbocycles. The Balaban J connectivity index is 2.16. The zero-order valence-corrected chi connectivity index (χ0v) is 9.91. The molecule has 1 aliphatic rings. The van der Waals surface area contributed by atoms with Crippen LogP contribution in [0.25, 0.3) is 0 Å². The average Bonchev–Trinajstić information content (AvgIpc) is 2.95. The van der Waals surface area contributed by atoms with E-state index < -0.39 is 17.3 Å². The van der Waals surface area contributed by atoms with E-state index in [2.05, 4.69) is 5.32 Å². The fourth-order valence-electron chi connectivity index (χ4n) is 1.96. The fourth-order valence-corrected chi connectivity index (χ4v) is 1.96. The first-order valence-corrected chi connectivity index (χ1v) is 5.57. The number of carboxylic acids is 1. The van der Waals surface area contributed by atoms with Crippen LogP contribution in [0.2, 0.25) is 0 Å². The Morgan fingerprint density at radius 3 is 2.12 bits per heavy atom. The first kappa shape index (κ1) is 11.6. The van der Waals surface area contributed by atoms with E-state index in [9.17, 15) is 9.59 Å². The van der Waals surface area contributed by atoms with Crippen LogP contribution in [-0.4, -0.2) is 17.0 Å². The maximum Gasteiger partial charge on any atom is 0.319 e. The molecule has 0 atom stereocenters. The Bertz CT molecular complexity index is 469. The Kier molecular flexibility index (Phi) is 2.65. The molecule has 0 aliphatic heterocycles. The van der Waals surface area contributed by atoms with Crippen LogP contribution in [0.15, 0.2) is 18.2 Å². The SMILES string of the molecule is Cc1cc(C)cc(NC(=O)C2(C(=O)O)CC2)c1. The molecule has 1 saturated carbocycles. The Labute approximate surface area is 99.6 Å². The quantitative estimate of drug-likeness (QED) is 0.786. The van der Waals surface area contributed by atoms with E-state index in [4.69, 9.17) is 5.11 Å². The molecule has 2 N–H and O–H groups in total. The van der Waals surface area contributed by atoms with Gasteiger partial charge in [0.15, 0.2) is 0 Å². The Morgan fingerprint density at radius 1 is 1.18 bits per heavy atom. The minimum Gasteiger partial charge on any atom is -0.480 e. The number of nitrogens with one attached hydrogen (secondary N) is 1. The van der Waals surface area contributed by atoms with Crippen molar-refractivity contribution in [3.05, 3.63) is 29.3 Å². The van der Waals surface area contributed by atoms with E-state index in [1.807, 2.05) is 32.0 Å². The van der Waals surface area contributed by atoms with Gasteiger partial charge in [-0.05, 0) is 49.9 Å². The van der Waals surface area contributed by atoms with Gasteiger partial charge in [-0.2, -0.15) is 0 Å². The lowest BCUT2D eigenvalue weighted by atomic mass is 10.1. The molecule has 1 fully saturated rings. The molecule has 0 heterocycles. The molecular formula is C13H15NO3. The molecular weight excluding hydrogens is 218 g/mol. The average molecular weight is 233 g/mol. The van der Waals surface area contributed by atoms with Gasteiger partial charge in [-0.25, -0.2) is 0 Å². The minimum absolute atomic E-state index is 0.407. The number of hydrogen-bond acceptors (Lipinski definition) is 2. The molecule has 1 aromatic rings. The molecule has 1 aliphatic carbocycles. The molecule has 2 rings (SSSR count). The van der Waals surface area contributed by atoms with Gasteiger partial charge in [0.1, 0.15) is 5.41 Å². The van der Waals surface area contributed by atoms with Crippen molar-refractivity contribution in [2.75, 3.05) is 5.32 Å². The zero-order valence-electron chi connectivity index (χ0n) is 9.91. The van der Waals surface area contributed by atoms with Crippen molar-refractivity contribution in [2.45, 2.75) is 26.7 Å². The number of carbonyl (C=O) groups excluding carboxylic acids is 1. The van der Waals surface area contributed by atoms with Crippen molar-refractivity contribution in [2.24, 2.45) is 5.41 Å². The fraction of sp³-hybridized carbons (Fsp3) is 0.385. The predicted molar refractivity (Wildman–Crippen MR) is 63.8 cm³/mol. The summed E-state index contributed by atoms with van der Waals surface area (Å²) in [4.78, 5) is 22.9. The number of benzene rings is 1. The van der Waals surface area contributed by atoms with Gasteiger partial charge in [0.05, 0.1) is 0 Å². The lowest BCUT2D eigenvalue weighted by Gasteiger charge is -2.11. The first-order chi connectivity index (χ1) is 7.94. The summed E-state index contributed by atoms with van der Waals surface area (Å²) in [7, 11) is 0. The molecule has 0 unspecified atom stereocenters. The number of anilines is 1. The van der Waals surface area contributed by atoms with Gasteiger partial charge >= 0.3 is 5.97 Å². The summed E-state index contributed by atoms with van der Waals surface area (Å²) in [6, 6.07) is 5.67. The van der Waals surface area contributed by atoms with Gasteiger partial charge in [0, 0.05) is 5.69 Å². The second kappa shape index (κ2) is 3.87. The normalized spacial score (nSPS) is 16.4. The van der Waals surface area contributed by atoms with Gasteiger partial charge < -0.3 is 10.4 Å². The van der Waals surface area contributed by atoms with Crippen molar-refractivity contribution in [1.29, 1.82) is 0 Å². The number of carboxylic acid groups (broad SMARTS) is 1. The van der Waals surface area contributed by atoms with Gasteiger partial charge in [-0.1, -0.05) is 6.07 Å². The third-order valence-corrected chi connectivity index (χ3v) is 3.07.